The highest BCUT2D eigenvalue weighted by Crippen LogP contribution is 2.53. The van der Waals surface area contributed by atoms with Crippen LogP contribution in [0.3, 0.4) is 0 Å². The quantitative estimate of drug-likeness (QED) is 0.734. The van der Waals surface area contributed by atoms with Crippen molar-refractivity contribution in [1.29, 1.82) is 0 Å². The van der Waals surface area contributed by atoms with Gasteiger partial charge in [-0.25, -0.2) is 0 Å². The molecule has 5 nitrogen and oxygen atoms in total. The standard InChI is InChI=1S/C20H30N2O3/c23-18(21-10-12-25-13-11-21)7-6-17-14-22(15-20(17)8-3-9-20)19(24)16-4-1-2-5-16/h1-2,16-17H,3-15H2. The van der Waals surface area contributed by atoms with Crippen LogP contribution >= 0.6 is 0 Å². The number of morpholine rings is 1. The van der Waals surface area contributed by atoms with E-state index < -0.39 is 0 Å². The summed E-state index contributed by atoms with van der Waals surface area (Å²) in [6.45, 7) is 4.58. The zero-order valence-electron chi connectivity index (χ0n) is 15.1. The van der Waals surface area contributed by atoms with Gasteiger partial charge in [-0.1, -0.05) is 18.6 Å². The van der Waals surface area contributed by atoms with Gasteiger partial charge in [0.05, 0.1) is 13.2 Å². The fourth-order valence-electron chi connectivity index (χ4n) is 5.14. The van der Waals surface area contributed by atoms with Gasteiger partial charge < -0.3 is 14.5 Å². The molecule has 0 aromatic rings. The monoisotopic (exact) mass is 346 g/mol. The lowest BCUT2D eigenvalue weighted by Gasteiger charge is -2.43. The van der Waals surface area contributed by atoms with Crippen molar-refractivity contribution in [3.8, 4) is 0 Å². The van der Waals surface area contributed by atoms with Crippen LogP contribution in [0.5, 0.6) is 0 Å². The Morgan fingerprint density at radius 3 is 2.44 bits per heavy atom. The molecule has 1 atom stereocenters. The molecule has 25 heavy (non-hydrogen) atoms. The highest BCUT2D eigenvalue weighted by molar-refractivity contribution is 5.80. The summed E-state index contributed by atoms with van der Waals surface area (Å²) in [5.41, 5.74) is 0.312. The van der Waals surface area contributed by atoms with Crippen LogP contribution in [0.1, 0.15) is 44.9 Å². The van der Waals surface area contributed by atoms with Crippen LogP contribution < -0.4 is 0 Å². The van der Waals surface area contributed by atoms with Crippen molar-refractivity contribution < 1.29 is 14.3 Å². The Balaban J connectivity index is 1.33. The van der Waals surface area contributed by atoms with Gasteiger partial charge in [0.25, 0.3) is 0 Å². The third-order valence-corrected chi connectivity index (χ3v) is 6.90. The number of nitrogens with zero attached hydrogens (tertiary/aromatic N) is 2. The number of rotatable bonds is 4. The lowest BCUT2D eigenvalue weighted by atomic mass is 9.62. The molecule has 1 saturated carbocycles. The maximum Gasteiger partial charge on any atom is 0.226 e. The average Bonchev–Trinajstić information content (AvgIpc) is 3.27. The molecular formula is C20H30N2O3. The number of amides is 2. The lowest BCUT2D eigenvalue weighted by molar-refractivity contribution is -0.136. The minimum atomic E-state index is 0.172. The zero-order valence-corrected chi connectivity index (χ0v) is 15.1. The van der Waals surface area contributed by atoms with Crippen LogP contribution in [0.4, 0.5) is 0 Å². The first-order valence-electron chi connectivity index (χ1n) is 9.97. The summed E-state index contributed by atoms with van der Waals surface area (Å²) >= 11 is 0. The summed E-state index contributed by atoms with van der Waals surface area (Å²) in [7, 11) is 0. The topological polar surface area (TPSA) is 49.9 Å². The van der Waals surface area contributed by atoms with Crippen molar-refractivity contribution >= 4 is 11.8 Å². The Labute approximate surface area is 150 Å². The molecule has 1 spiro atoms. The van der Waals surface area contributed by atoms with Crippen LogP contribution in [0.25, 0.3) is 0 Å². The summed E-state index contributed by atoms with van der Waals surface area (Å²) < 4.78 is 5.33. The molecule has 138 valence electrons. The third-order valence-electron chi connectivity index (χ3n) is 6.90. The summed E-state index contributed by atoms with van der Waals surface area (Å²) in [4.78, 5) is 29.4. The van der Waals surface area contributed by atoms with E-state index in [9.17, 15) is 9.59 Å². The number of allylic oxidation sites excluding steroid dienone is 2. The van der Waals surface area contributed by atoms with Crippen molar-refractivity contribution in [1.82, 2.24) is 9.80 Å². The SMILES string of the molecule is O=C(CCC1CN(C(=O)C2CC=CC2)CC12CCC2)N1CCOCC1. The average molecular weight is 346 g/mol. The summed E-state index contributed by atoms with van der Waals surface area (Å²) in [5.74, 6) is 1.29. The van der Waals surface area contributed by atoms with E-state index in [0.717, 1.165) is 45.4 Å². The number of likely N-dealkylation sites (tertiary alicyclic amines) is 1. The van der Waals surface area contributed by atoms with Gasteiger partial charge in [0.2, 0.25) is 11.8 Å². The Bertz CT molecular complexity index is 541. The predicted octanol–water partition coefficient (Wildman–Crippen LogP) is 2.22. The Hall–Kier alpha value is -1.36. The van der Waals surface area contributed by atoms with E-state index in [1.54, 1.807) is 0 Å². The lowest BCUT2D eigenvalue weighted by Crippen LogP contribution is -2.42. The van der Waals surface area contributed by atoms with E-state index in [4.69, 9.17) is 4.74 Å². The zero-order chi connectivity index (χ0) is 17.3. The summed E-state index contributed by atoms with van der Waals surface area (Å²) in [5, 5.41) is 0. The van der Waals surface area contributed by atoms with Crippen LogP contribution in [-0.2, 0) is 14.3 Å². The third kappa shape index (κ3) is 3.35. The molecule has 0 bridgehead atoms. The first kappa shape index (κ1) is 17.1. The van der Waals surface area contributed by atoms with Gasteiger partial charge in [0, 0.05) is 38.5 Å². The van der Waals surface area contributed by atoms with Gasteiger partial charge in [0.1, 0.15) is 0 Å². The van der Waals surface area contributed by atoms with E-state index in [-0.39, 0.29) is 11.8 Å². The Kier molecular flexibility index (Phi) is 4.85. The van der Waals surface area contributed by atoms with Gasteiger partial charge in [-0.15, -0.1) is 0 Å². The fraction of sp³-hybridized carbons (Fsp3) is 0.800. The van der Waals surface area contributed by atoms with E-state index in [0.29, 0.717) is 36.9 Å². The van der Waals surface area contributed by atoms with E-state index >= 15 is 0 Å². The van der Waals surface area contributed by atoms with Crippen molar-refractivity contribution in [2.24, 2.45) is 17.3 Å². The Morgan fingerprint density at radius 2 is 1.80 bits per heavy atom. The molecule has 1 unspecified atom stereocenters. The molecule has 3 fully saturated rings. The van der Waals surface area contributed by atoms with Crippen molar-refractivity contribution in [3.63, 3.8) is 0 Å². The van der Waals surface area contributed by atoms with E-state index in [2.05, 4.69) is 17.1 Å². The summed E-state index contributed by atoms with van der Waals surface area (Å²) in [6, 6.07) is 0. The maximum atomic E-state index is 12.8. The van der Waals surface area contributed by atoms with Crippen LogP contribution in [0, 0.1) is 17.3 Å². The number of ether oxygens (including phenoxy) is 1. The molecule has 4 rings (SSSR count). The van der Waals surface area contributed by atoms with Crippen molar-refractivity contribution in [2.75, 3.05) is 39.4 Å². The highest BCUT2D eigenvalue weighted by Gasteiger charge is 2.51. The van der Waals surface area contributed by atoms with E-state index in [1.165, 1.54) is 19.3 Å². The second-order valence-electron chi connectivity index (χ2n) is 8.30. The number of carbonyl (C=O) groups is 2. The predicted molar refractivity (Wildman–Crippen MR) is 94.9 cm³/mol. The van der Waals surface area contributed by atoms with Crippen LogP contribution in [-0.4, -0.2) is 61.0 Å². The van der Waals surface area contributed by atoms with Gasteiger partial charge in [0.15, 0.2) is 0 Å². The molecule has 0 aromatic heterocycles. The first-order chi connectivity index (χ1) is 12.2. The molecule has 2 aliphatic heterocycles. The minimum Gasteiger partial charge on any atom is -0.378 e. The molecule has 4 aliphatic rings. The molecule has 0 aromatic carbocycles. The van der Waals surface area contributed by atoms with Gasteiger partial charge in [-0.3, -0.25) is 9.59 Å². The first-order valence-corrected chi connectivity index (χ1v) is 9.97. The van der Waals surface area contributed by atoms with Crippen molar-refractivity contribution in [2.45, 2.75) is 44.9 Å². The van der Waals surface area contributed by atoms with Crippen LogP contribution in [0.15, 0.2) is 12.2 Å². The van der Waals surface area contributed by atoms with Gasteiger partial charge >= 0.3 is 0 Å². The molecule has 2 aliphatic carbocycles. The normalized spacial score (nSPS) is 28.6. The highest BCUT2D eigenvalue weighted by atomic mass is 16.5. The molecule has 2 amide bonds. The van der Waals surface area contributed by atoms with Gasteiger partial charge in [-0.05, 0) is 43.4 Å². The minimum absolute atomic E-state index is 0.172. The Morgan fingerprint density at radius 1 is 1.08 bits per heavy atom. The second kappa shape index (κ2) is 7.10. The molecule has 0 radical (unpaired) electrons. The number of carbonyl (C=O) groups excluding carboxylic acids is 2. The summed E-state index contributed by atoms with van der Waals surface area (Å²) in [6.07, 6.45) is 11.4. The molecule has 2 heterocycles. The second-order valence-corrected chi connectivity index (χ2v) is 8.30. The number of hydrogen-bond acceptors (Lipinski definition) is 3. The fourth-order valence-corrected chi connectivity index (χ4v) is 5.14. The van der Waals surface area contributed by atoms with Crippen LogP contribution in [0.2, 0.25) is 0 Å². The van der Waals surface area contributed by atoms with E-state index in [1.807, 2.05) is 4.90 Å². The van der Waals surface area contributed by atoms with Gasteiger partial charge in [-0.2, -0.15) is 0 Å². The number of hydrogen-bond donors (Lipinski definition) is 0. The smallest absolute Gasteiger partial charge is 0.226 e. The molecule has 5 heteroatoms. The maximum absolute atomic E-state index is 12.8. The molecular weight excluding hydrogens is 316 g/mol. The largest absolute Gasteiger partial charge is 0.378 e. The molecule has 2 saturated heterocycles. The van der Waals surface area contributed by atoms with Crippen molar-refractivity contribution in [3.05, 3.63) is 12.2 Å². The molecule has 0 N–H and O–H groups in total.